The molecule has 3 rings (SSSR count). The lowest BCUT2D eigenvalue weighted by molar-refractivity contribution is 0.0147. The number of aliphatic imine (C=N–C) groups is 1. The van der Waals surface area contributed by atoms with Gasteiger partial charge in [0.25, 0.3) is 0 Å². The minimum absolute atomic E-state index is 0.195. The second kappa shape index (κ2) is 8.25. The van der Waals surface area contributed by atoms with Crippen LogP contribution in [-0.2, 0) is 4.74 Å². The first-order chi connectivity index (χ1) is 12.8. The first-order valence-corrected chi connectivity index (χ1v) is 10.5. The molecule has 7 nitrogen and oxygen atoms in total. The third-order valence-corrected chi connectivity index (χ3v) is 6.10. The lowest BCUT2D eigenvalue weighted by Gasteiger charge is -2.38. The summed E-state index contributed by atoms with van der Waals surface area (Å²) in [6.07, 6.45) is 5.31. The highest BCUT2D eigenvalue weighted by atomic mass is 16.6. The van der Waals surface area contributed by atoms with E-state index in [0.29, 0.717) is 5.41 Å². The van der Waals surface area contributed by atoms with Gasteiger partial charge >= 0.3 is 6.09 Å². The molecule has 1 aliphatic carbocycles. The number of hydrogen-bond acceptors (Lipinski definition) is 4. The first-order valence-electron chi connectivity index (χ1n) is 10.5. The Morgan fingerprint density at radius 3 is 2.30 bits per heavy atom. The van der Waals surface area contributed by atoms with E-state index in [2.05, 4.69) is 20.1 Å². The Morgan fingerprint density at radius 2 is 1.78 bits per heavy atom. The van der Waals surface area contributed by atoms with Crippen molar-refractivity contribution in [2.75, 3.05) is 59.4 Å². The molecule has 1 saturated carbocycles. The van der Waals surface area contributed by atoms with Gasteiger partial charge in [-0.05, 0) is 45.4 Å². The summed E-state index contributed by atoms with van der Waals surface area (Å²) in [7, 11) is 1.88. The fourth-order valence-electron chi connectivity index (χ4n) is 4.34. The second-order valence-electron chi connectivity index (χ2n) is 9.31. The molecule has 0 aromatic carbocycles. The molecule has 0 radical (unpaired) electrons. The summed E-state index contributed by atoms with van der Waals surface area (Å²) in [5.74, 6) is 1.05. The van der Waals surface area contributed by atoms with E-state index in [1.807, 2.05) is 32.7 Å². The molecule has 0 aromatic heterocycles. The molecule has 1 N–H and O–H groups in total. The Bertz CT molecular complexity index is 545. The smallest absolute Gasteiger partial charge is 0.410 e. The summed E-state index contributed by atoms with van der Waals surface area (Å²) in [5.41, 5.74) is 0.164. The summed E-state index contributed by atoms with van der Waals surface area (Å²) in [6, 6.07) is 0. The number of guanidine groups is 1. The number of nitrogens with one attached hydrogen (secondary N) is 1. The van der Waals surface area contributed by atoms with Crippen molar-refractivity contribution in [3.8, 4) is 0 Å². The molecule has 0 bridgehead atoms. The van der Waals surface area contributed by atoms with Gasteiger partial charge in [0, 0.05) is 59.4 Å². The van der Waals surface area contributed by atoms with Gasteiger partial charge in [0.15, 0.2) is 5.96 Å². The number of carbonyl (C=O) groups excluding carboxylic acids is 1. The van der Waals surface area contributed by atoms with E-state index >= 15 is 0 Å². The monoisotopic (exact) mass is 379 g/mol. The Labute approximate surface area is 164 Å². The molecule has 2 heterocycles. The van der Waals surface area contributed by atoms with Crippen LogP contribution in [0.2, 0.25) is 0 Å². The third kappa shape index (κ3) is 5.27. The van der Waals surface area contributed by atoms with E-state index in [0.717, 1.165) is 51.8 Å². The summed E-state index contributed by atoms with van der Waals surface area (Å²) in [4.78, 5) is 23.3. The number of amides is 1. The molecule has 0 unspecified atom stereocenters. The quantitative estimate of drug-likeness (QED) is 0.600. The zero-order valence-corrected chi connectivity index (χ0v) is 17.6. The molecular formula is C20H37N5O2. The Morgan fingerprint density at radius 1 is 1.07 bits per heavy atom. The number of nitrogens with zero attached hydrogens (tertiary/aromatic N) is 4. The van der Waals surface area contributed by atoms with Crippen LogP contribution < -0.4 is 5.32 Å². The molecule has 2 saturated heterocycles. The van der Waals surface area contributed by atoms with Crippen LogP contribution in [0.3, 0.4) is 0 Å². The Balaban J connectivity index is 1.34. The van der Waals surface area contributed by atoms with E-state index in [1.165, 1.54) is 32.2 Å². The maximum atomic E-state index is 12.1. The number of hydrogen-bond donors (Lipinski definition) is 1. The van der Waals surface area contributed by atoms with Gasteiger partial charge < -0.3 is 19.9 Å². The van der Waals surface area contributed by atoms with Crippen molar-refractivity contribution in [2.24, 2.45) is 10.4 Å². The summed E-state index contributed by atoms with van der Waals surface area (Å²) >= 11 is 0. The Hall–Kier alpha value is -1.50. The first kappa shape index (κ1) is 20.2. The van der Waals surface area contributed by atoms with Crippen LogP contribution >= 0.6 is 0 Å². The molecule has 3 aliphatic rings. The minimum Gasteiger partial charge on any atom is -0.444 e. The van der Waals surface area contributed by atoms with E-state index < -0.39 is 5.60 Å². The molecule has 2 aliphatic heterocycles. The van der Waals surface area contributed by atoms with Crippen molar-refractivity contribution in [3.63, 3.8) is 0 Å². The SMILES string of the molecule is CN=C(NCCN1CCN(C(=O)OC(C)(C)C)CC1)N1CCC2(CCC2)C1. The van der Waals surface area contributed by atoms with E-state index in [1.54, 1.807) is 0 Å². The maximum Gasteiger partial charge on any atom is 0.410 e. The molecule has 27 heavy (non-hydrogen) atoms. The lowest BCUT2D eigenvalue weighted by atomic mass is 9.68. The normalized spacial score (nSPS) is 23.5. The van der Waals surface area contributed by atoms with Crippen molar-refractivity contribution < 1.29 is 9.53 Å². The average Bonchev–Trinajstić information content (AvgIpc) is 3.03. The molecular weight excluding hydrogens is 342 g/mol. The van der Waals surface area contributed by atoms with E-state index in [4.69, 9.17) is 4.74 Å². The van der Waals surface area contributed by atoms with Crippen molar-refractivity contribution in [1.29, 1.82) is 0 Å². The molecule has 7 heteroatoms. The van der Waals surface area contributed by atoms with Crippen molar-refractivity contribution in [1.82, 2.24) is 20.0 Å². The lowest BCUT2D eigenvalue weighted by Crippen LogP contribution is -2.52. The highest BCUT2D eigenvalue weighted by molar-refractivity contribution is 5.80. The standard InChI is InChI=1S/C20H37N5O2/c1-19(2,3)27-18(26)24-14-12-23(13-15-24)11-9-22-17(21-4)25-10-8-20(16-25)6-5-7-20/h5-16H2,1-4H3,(H,21,22). The highest BCUT2D eigenvalue weighted by Crippen LogP contribution is 2.47. The fraction of sp³-hybridized carbons (Fsp3) is 0.900. The summed E-state index contributed by atoms with van der Waals surface area (Å²) in [6.45, 7) is 13.2. The number of carbonyl (C=O) groups is 1. The van der Waals surface area contributed by atoms with Gasteiger partial charge in [-0.15, -0.1) is 0 Å². The van der Waals surface area contributed by atoms with Gasteiger partial charge in [-0.1, -0.05) is 6.42 Å². The van der Waals surface area contributed by atoms with Gasteiger partial charge in [-0.3, -0.25) is 9.89 Å². The molecule has 154 valence electrons. The van der Waals surface area contributed by atoms with Crippen LogP contribution in [-0.4, -0.2) is 91.8 Å². The molecule has 1 amide bonds. The summed E-state index contributed by atoms with van der Waals surface area (Å²) in [5, 5.41) is 3.54. The fourth-order valence-corrected chi connectivity index (χ4v) is 4.34. The topological polar surface area (TPSA) is 60.4 Å². The molecule has 3 fully saturated rings. The van der Waals surface area contributed by atoms with Crippen LogP contribution in [0.15, 0.2) is 4.99 Å². The van der Waals surface area contributed by atoms with Crippen LogP contribution in [0, 0.1) is 5.41 Å². The van der Waals surface area contributed by atoms with Gasteiger partial charge in [-0.2, -0.15) is 0 Å². The van der Waals surface area contributed by atoms with Gasteiger partial charge in [0.2, 0.25) is 0 Å². The highest BCUT2D eigenvalue weighted by Gasteiger charge is 2.43. The average molecular weight is 380 g/mol. The third-order valence-electron chi connectivity index (χ3n) is 6.10. The summed E-state index contributed by atoms with van der Waals surface area (Å²) < 4.78 is 5.46. The van der Waals surface area contributed by atoms with Crippen molar-refractivity contribution in [2.45, 2.75) is 52.1 Å². The van der Waals surface area contributed by atoms with Crippen LogP contribution in [0.4, 0.5) is 4.79 Å². The van der Waals surface area contributed by atoms with Crippen LogP contribution in [0.25, 0.3) is 0 Å². The number of piperazine rings is 1. The van der Waals surface area contributed by atoms with Crippen LogP contribution in [0.5, 0.6) is 0 Å². The van der Waals surface area contributed by atoms with Gasteiger partial charge in [0.05, 0.1) is 0 Å². The van der Waals surface area contributed by atoms with Gasteiger partial charge in [-0.25, -0.2) is 4.79 Å². The van der Waals surface area contributed by atoms with Crippen molar-refractivity contribution in [3.05, 3.63) is 0 Å². The minimum atomic E-state index is -0.429. The van der Waals surface area contributed by atoms with Crippen molar-refractivity contribution >= 4 is 12.1 Å². The predicted octanol–water partition coefficient (Wildman–Crippen LogP) is 1.99. The van der Waals surface area contributed by atoms with Gasteiger partial charge in [0.1, 0.15) is 5.60 Å². The maximum absolute atomic E-state index is 12.1. The largest absolute Gasteiger partial charge is 0.444 e. The zero-order valence-electron chi connectivity index (χ0n) is 17.6. The molecule has 0 aromatic rings. The zero-order chi connectivity index (χ0) is 19.5. The van der Waals surface area contributed by atoms with E-state index in [-0.39, 0.29) is 6.09 Å². The predicted molar refractivity (Wildman–Crippen MR) is 108 cm³/mol. The number of ether oxygens (including phenoxy) is 1. The number of likely N-dealkylation sites (tertiary alicyclic amines) is 1. The number of rotatable bonds is 3. The molecule has 1 spiro atoms. The second-order valence-corrected chi connectivity index (χ2v) is 9.31. The van der Waals surface area contributed by atoms with Crippen LogP contribution in [0.1, 0.15) is 46.5 Å². The molecule has 0 atom stereocenters. The Kier molecular flexibility index (Phi) is 6.18. The van der Waals surface area contributed by atoms with E-state index in [9.17, 15) is 4.79 Å².